The Labute approximate surface area is 106 Å². The van der Waals surface area contributed by atoms with E-state index in [0.29, 0.717) is 12.2 Å². The van der Waals surface area contributed by atoms with Gasteiger partial charge in [0.15, 0.2) is 0 Å². The van der Waals surface area contributed by atoms with Crippen LogP contribution in [0.3, 0.4) is 0 Å². The first-order valence-corrected chi connectivity index (χ1v) is 5.78. The number of hydrogen-bond donors (Lipinski definition) is 1. The number of aliphatic hydroxyl groups is 1. The van der Waals surface area contributed by atoms with Crippen LogP contribution in [0.5, 0.6) is 5.75 Å². The normalized spacial score (nSPS) is 13.5. The molecule has 0 saturated carbocycles. The summed E-state index contributed by atoms with van der Waals surface area (Å²) in [5.74, 6) is 0.332. The number of ether oxygens (including phenoxy) is 1. The predicted molar refractivity (Wildman–Crippen MR) is 60.9 cm³/mol. The molecule has 0 amide bonds. The zero-order chi connectivity index (χ0) is 13.1. The van der Waals surface area contributed by atoms with Gasteiger partial charge < -0.3 is 9.84 Å². The van der Waals surface area contributed by atoms with Crippen LogP contribution >= 0.6 is 15.9 Å². The highest BCUT2D eigenvalue weighted by atomic mass is 79.9. The van der Waals surface area contributed by atoms with Crippen LogP contribution in [0.15, 0.2) is 22.7 Å². The summed E-state index contributed by atoms with van der Waals surface area (Å²) < 4.78 is 42.8. The summed E-state index contributed by atoms with van der Waals surface area (Å²) >= 11 is 3.03. The van der Waals surface area contributed by atoms with E-state index in [-0.39, 0.29) is 17.2 Å². The van der Waals surface area contributed by atoms with Crippen LogP contribution < -0.4 is 4.74 Å². The van der Waals surface area contributed by atoms with E-state index in [1.165, 1.54) is 6.07 Å². The second-order valence-electron chi connectivity index (χ2n) is 3.58. The van der Waals surface area contributed by atoms with Gasteiger partial charge in [-0.3, -0.25) is 0 Å². The fraction of sp³-hybridized carbons (Fsp3) is 0.455. The second-order valence-corrected chi connectivity index (χ2v) is 4.44. The molecular formula is C11H12BrF3O2. The first-order chi connectivity index (χ1) is 7.84. The maximum Gasteiger partial charge on any atom is 0.416 e. The van der Waals surface area contributed by atoms with E-state index in [4.69, 9.17) is 9.84 Å². The highest BCUT2D eigenvalue weighted by Crippen LogP contribution is 2.35. The van der Waals surface area contributed by atoms with Gasteiger partial charge in [-0.2, -0.15) is 13.2 Å². The van der Waals surface area contributed by atoms with Crippen LogP contribution in [-0.4, -0.2) is 17.8 Å². The van der Waals surface area contributed by atoms with Crippen molar-refractivity contribution in [3.05, 3.63) is 28.2 Å². The molecule has 0 aliphatic carbocycles. The van der Waals surface area contributed by atoms with Gasteiger partial charge in [-0.05, 0) is 41.1 Å². The lowest BCUT2D eigenvalue weighted by Gasteiger charge is -2.16. The average Bonchev–Trinajstić information content (AvgIpc) is 2.20. The number of rotatable bonds is 4. The Balaban J connectivity index is 2.83. The number of aliphatic hydroxyl groups excluding tert-OH is 1. The molecule has 0 saturated heterocycles. The number of benzene rings is 1. The van der Waals surface area contributed by atoms with Crippen molar-refractivity contribution in [2.75, 3.05) is 6.61 Å². The monoisotopic (exact) mass is 312 g/mol. The lowest BCUT2D eigenvalue weighted by molar-refractivity contribution is -0.137. The van der Waals surface area contributed by atoms with Crippen molar-refractivity contribution in [3.8, 4) is 5.75 Å². The van der Waals surface area contributed by atoms with Gasteiger partial charge in [-0.15, -0.1) is 0 Å². The molecule has 1 aromatic carbocycles. The van der Waals surface area contributed by atoms with Crippen molar-refractivity contribution in [3.63, 3.8) is 0 Å². The molecule has 1 aromatic rings. The summed E-state index contributed by atoms with van der Waals surface area (Å²) in [5.41, 5.74) is -0.730. The highest BCUT2D eigenvalue weighted by Gasteiger charge is 2.31. The van der Waals surface area contributed by atoms with Gasteiger partial charge in [0, 0.05) is 13.0 Å². The van der Waals surface area contributed by atoms with Crippen molar-refractivity contribution in [1.29, 1.82) is 0 Å². The lowest BCUT2D eigenvalue weighted by Crippen LogP contribution is -2.14. The van der Waals surface area contributed by atoms with Crippen molar-refractivity contribution in [2.24, 2.45) is 0 Å². The molecule has 0 bridgehead atoms. The van der Waals surface area contributed by atoms with Crippen LogP contribution in [-0.2, 0) is 6.18 Å². The van der Waals surface area contributed by atoms with Crippen LogP contribution in [0.4, 0.5) is 13.2 Å². The molecule has 1 rings (SSSR count). The Morgan fingerprint density at radius 2 is 2.06 bits per heavy atom. The first kappa shape index (κ1) is 14.3. The van der Waals surface area contributed by atoms with E-state index in [9.17, 15) is 13.2 Å². The first-order valence-electron chi connectivity index (χ1n) is 4.99. The SMILES string of the molecule is CC(CCO)Oc1ccc(C(F)(F)F)cc1Br. The molecular weight excluding hydrogens is 301 g/mol. The molecule has 0 heterocycles. The van der Waals surface area contributed by atoms with Gasteiger partial charge in [0.1, 0.15) is 5.75 Å². The second kappa shape index (κ2) is 5.73. The third kappa shape index (κ3) is 4.20. The van der Waals surface area contributed by atoms with Gasteiger partial charge in [0.2, 0.25) is 0 Å². The lowest BCUT2D eigenvalue weighted by atomic mass is 10.2. The summed E-state index contributed by atoms with van der Waals surface area (Å²) in [6.45, 7) is 1.71. The molecule has 0 aromatic heterocycles. The summed E-state index contributed by atoms with van der Waals surface area (Å²) in [6.07, 6.45) is -4.20. The predicted octanol–water partition coefficient (Wildman–Crippen LogP) is 3.62. The third-order valence-corrected chi connectivity index (χ3v) is 2.74. The molecule has 0 fully saturated rings. The van der Waals surface area contributed by atoms with E-state index in [1.54, 1.807) is 6.92 Å². The molecule has 17 heavy (non-hydrogen) atoms. The largest absolute Gasteiger partial charge is 0.489 e. The minimum absolute atomic E-state index is 0.0284. The zero-order valence-electron chi connectivity index (χ0n) is 9.09. The summed E-state index contributed by atoms with van der Waals surface area (Å²) in [6, 6.07) is 3.20. The molecule has 96 valence electrons. The van der Waals surface area contributed by atoms with Crippen LogP contribution in [0, 0.1) is 0 Å². The third-order valence-electron chi connectivity index (χ3n) is 2.12. The Hall–Kier alpha value is -0.750. The Morgan fingerprint density at radius 3 is 2.53 bits per heavy atom. The minimum Gasteiger partial charge on any atom is -0.489 e. The molecule has 0 aliphatic rings. The summed E-state index contributed by atoms with van der Waals surface area (Å²) in [7, 11) is 0. The minimum atomic E-state index is -4.36. The van der Waals surface area contributed by atoms with E-state index in [0.717, 1.165) is 12.1 Å². The Bertz CT molecular complexity index is 379. The average molecular weight is 313 g/mol. The molecule has 0 spiro atoms. The molecule has 1 unspecified atom stereocenters. The van der Waals surface area contributed by atoms with Gasteiger partial charge in [-0.1, -0.05) is 0 Å². The fourth-order valence-corrected chi connectivity index (χ4v) is 1.70. The fourth-order valence-electron chi connectivity index (χ4n) is 1.23. The standard InChI is InChI=1S/C11H12BrF3O2/c1-7(4-5-16)17-10-3-2-8(6-9(10)12)11(13,14)15/h2-3,6-7,16H,4-5H2,1H3. The van der Waals surface area contributed by atoms with Gasteiger partial charge in [0.25, 0.3) is 0 Å². The molecule has 2 nitrogen and oxygen atoms in total. The van der Waals surface area contributed by atoms with E-state index in [2.05, 4.69) is 15.9 Å². The highest BCUT2D eigenvalue weighted by molar-refractivity contribution is 9.10. The van der Waals surface area contributed by atoms with E-state index in [1.807, 2.05) is 0 Å². The zero-order valence-corrected chi connectivity index (χ0v) is 10.7. The van der Waals surface area contributed by atoms with Gasteiger partial charge in [-0.25, -0.2) is 0 Å². The van der Waals surface area contributed by atoms with Gasteiger partial charge in [0.05, 0.1) is 16.1 Å². The molecule has 0 aliphatic heterocycles. The maximum atomic E-state index is 12.4. The number of alkyl halides is 3. The Kier molecular flexibility index (Phi) is 4.82. The maximum absolute atomic E-state index is 12.4. The van der Waals surface area contributed by atoms with Gasteiger partial charge >= 0.3 is 6.18 Å². The van der Waals surface area contributed by atoms with Crippen molar-refractivity contribution < 1.29 is 23.0 Å². The van der Waals surface area contributed by atoms with Crippen LogP contribution in [0.25, 0.3) is 0 Å². The van der Waals surface area contributed by atoms with Crippen molar-refractivity contribution in [2.45, 2.75) is 25.6 Å². The van der Waals surface area contributed by atoms with E-state index >= 15 is 0 Å². The Morgan fingerprint density at radius 1 is 1.41 bits per heavy atom. The summed E-state index contributed by atoms with van der Waals surface area (Å²) in [5, 5.41) is 8.69. The molecule has 1 atom stereocenters. The molecule has 6 heteroatoms. The number of hydrogen-bond acceptors (Lipinski definition) is 2. The van der Waals surface area contributed by atoms with Crippen molar-refractivity contribution >= 4 is 15.9 Å². The topological polar surface area (TPSA) is 29.5 Å². The van der Waals surface area contributed by atoms with Crippen molar-refractivity contribution in [1.82, 2.24) is 0 Å². The number of halogens is 4. The van der Waals surface area contributed by atoms with Crippen LogP contribution in [0.1, 0.15) is 18.9 Å². The molecule has 1 N–H and O–H groups in total. The molecule has 0 radical (unpaired) electrons. The van der Waals surface area contributed by atoms with E-state index < -0.39 is 11.7 Å². The van der Waals surface area contributed by atoms with Crippen LogP contribution in [0.2, 0.25) is 0 Å². The quantitative estimate of drug-likeness (QED) is 0.920. The smallest absolute Gasteiger partial charge is 0.416 e. The summed E-state index contributed by atoms with van der Waals surface area (Å²) in [4.78, 5) is 0.